The molecule has 0 aliphatic carbocycles. The Morgan fingerprint density at radius 1 is 0.909 bits per heavy atom. The summed E-state index contributed by atoms with van der Waals surface area (Å²) in [6.07, 6.45) is 1.77. The van der Waals surface area contributed by atoms with Gasteiger partial charge in [0.1, 0.15) is 10.6 Å². The zero-order valence-corrected chi connectivity index (χ0v) is 26.3. The quantitative estimate of drug-likeness (QED) is 0.153. The number of anilines is 2. The fourth-order valence-corrected chi connectivity index (χ4v) is 6.37. The first-order chi connectivity index (χ1) is 21.1. The van der Waals surface area contributed by atoms with Crippen LogP contribution in [0.2, 0.25) is 0 Å². The molecule has 0 spiro atoms. The number of hydrogen-bond donors (Lipinski definition) is 2. The van der Waals surface area contributed by atoms with Crippen molar-refractivity contribution in [3.05, 3.63) is 101 Å². The lowest BCUT2D eigenvalue weighted by Gasteiger charge is -2.15. The van der Waals surface area contributed by atoms with Gasteiger partial charge in [-0.3, -0.25) is 9.52 Å². The van der Waals surface area contributed by atoms with E-state index in [0.717, 1.165) is 41.7 Å². The molecule has 1 aromatic heterocycles. The molecule has 1 amide bonds. The zero-order valence-electron chi connectivity index (χ0n) is 24.7. The highest BCUT2D eigenvalue weighted by Gasteiger charge is 2.26. The Morgan fingerprint density at radius 3 is 2.32 bits per heavy atom. The van der Waals surface area contributed by atoms with Crippen LogP contribution in [0.25, 0.3) is 11.1 Å². The maximum Gasteiger partial charge on any atom is 0.341 e. The molecule has 11 heteroatoms. The van der Waals surface area contributed by atoms with Crippen LogP contribution < -0.4 is 10.0 Å². The number of benzene rings is 3. The van der Waals surface area contributed by atoms with E-state index in [1.807, 2.05) is 42.5 Å². The van der Waals surface area contributed by atoms with E-state index in [9.17, 15) is 22.8 Å². The maximum atomic E-state index is 13.0. The normalized spacial score (nSPS) is 11.8. The van der Waals surface area contributed by atoms with Crippen LogP contribution in [-0.2, 0) is 30.7 Å². The van der Waals surface area contributed by atoms with Gasteiger partial charge in [-0.25, -0.2) is 18.0 Å². The molecule has 1 atom stereocenters. The highest BCUT2D eigenvalue weighted by molar-refractivity contribution is 7.92. The minimum absolute atomic E-state index is 0.0443. The van der Waals surface area contributed by atoms with Crippen LogP contribution in [0, 0.1) is 0 Å². The average Bonchev–Trinajstić information content (AvgIpc) is 3.44. The van der Waals surface area contributed by atoms with E-state index < -0.39 is 34.0 Å². The summed E-state index contributed by atoms with van der Waals surface area (Å²) in [6.45, 7) is 5.33. The number of thiophene rings is 1. The standard InChI is InChI=1S/C33H34N2O7S2/c1-4-6-11-23-16-18-26(19-17-23)35-44(39,40)27-15-10-14-25(20-27)32(37)42-22(3)30(36)34-31-29(33(38)41-5-2)28(21-43-31)24-12-8-7-9-13-24/h7-10,12-22,35H,4-6,11H2,1-3H3,(H,34,36). The van der Waals surface area contributed by atoms with Crippen molar-refractivity contribution in [2.45, 2.75) is 51.0 Å². The Hall–Kier alpha value is -4.48. The number of unbranched alkanes of at least 4 members (excludes halogenated alkanes) is 1. The van der Waals surface area contributed by atoms with Crippen molar-refractivity contribution in [1.29, 1.82) is 0 Å². The molecule has 4 rings (SSSR count). The molecular weight excluding hydrogens is 601 g/mol. The largest absolute Gasteiger partial charge is 0.462 e. The van der Waals surface area contributed by atoms with Gasteiger partial charge in [0.2, 0.25) is 0 Å². The predicted molar refractivity (Wildman–Crippen MR) is 172 cm³/mol. The highest BCUT2D eigenvalue weighted by Crippen LogP contribution is 2.36. The van der Waals surface area contributed by atoms with Crippen LogP contribution in [0.15, 0.2) is 89.1 Å². The Labute approximate surface area is 261 Å². The molecule has 1 unspecified atom stereocenters. The van der Waals surface area contributed by atoms with Crippen LogP contribution in [0.3, 0.4) is 0 Å². The summed E-state index contributed by atoms with van der Waals surface area (Å²) < 4.78 is 39.2. The maximum absolute atomic E-state index is 13.0. The predicted octanol–water partition coefficient (Wildman–Crippen LogP) is 6.92. The molecule has 0 fully saturated rings. The fraction of sp³-hybridized carbons (Fsp3) is 0.242. The molecule has 0 bridgehead atoms. The molecule has 4 aromatic rings. The fourth-order valence-electron chi connectivity index (χ4n) is 4.31. The Balaban J connectivity index is 1.44. The summed E-state index contributed by atoms with van der Waals surface area (Å²) in [4.78, 5) is 38.6. The van der Waals surface area contributed by atoms with Gasteiger partial charge in [-0.15, -0.1) is 11.3 Å². The van der Waals surface area contributed by atoms with Gasteiger partial charge >= 0.3 is 11.9 Å². The van der Waals surface area contributed by atoms with Crippen molar-refractivity contribution in [3.8, 4) is 11.1 Å². The summed E-state index contributed by atoms with van der Waals surface area (Å²) in [7, 11) is -4.00. The van der Waals surface area contributed by atoms with Crippen molar-refractivity contribution in [2.24, 2.45) is 0 Å². The molecule has 0 aliphatic rings. The molecule has 0 aliphatic heterocycles. The molecular formula is C33H34N2O7S2. The van der Waals surface area contributed by atoms with Crippen LogP contribution in [-0.4, -0.2) is 39.0 Å². The van der Waals surface area contributed by atoms with Gasteiger partial charge in [-0.2, -0.15) is 0 Å². The molecule has 2 N–H and O–H groups in total. The molecule has 1 heterocycles. The molecule has 0 radical (unpaired) electrons. The monoisotopic (exact) mass is 634 g/mol. The van der Waals surface area contributed by atoms with Gasteiger partial charge in [0, 0.05) is 16.6 Å². The topological polar surface area (TPSA) is 128 Å². The lowest BCUT2D eigenvalue weighted by molar-refractivity contribution is -0.123. The first-order valence-corrected chi connectivity index (χ1v) is 16.6. The number of esters is 2. The van der Waals surface area contributed by atoms with Crippen molar-refractivity contribution >= 4 is 49.9 Å². The lowest BCUT2D eigenvalue weighted by Crippen LogP contribution is -2.30. The number of carbonyl (C=O) groups excluding carboxylic acids is 3. The first kappa shape index (κ1) is 32.4. The Morgan fingerprint density at radius 2 is 1.64 bits per heavy atom. The van der Waals surface area contributed by atoms with Crippen molar-refractivity contribution in [3.63, 3.8) is 0 Å². The van der Waals surface area contributed by atoms with E-state index in [1.54, 1.807) is 24.4 Å². The van der Waals surface area contributed by atoms with E-state index in [1.165, 1.54) is 31.2 Å². The van der Waals surface area contributed by atoms with Gasteiger partial charge < -0.3 is 14.8 Å². The minimum atomic E-state index is -4.00. The SMILES string of the molecule is CCCCc1ccc(NS(=O)(=O)c2cccc(C(=O)OC(C)C(=O)Nc3scc(-c4ccccc4)c3C(=O)OCC)c2)cc1. The van der Waals surface area contributed by atoms with E-state index in [0.29, 0.717) is 11.3 Å². The van der Waals surface area contributed by atoms with Gasteiger partial charge in [0.05, 0.1) is 17.1 Å². The van der Waals surface area contributed by atoms with E-state index in [-0.39, 0.29) is 27.6 Å². The zero-order chi connectivity index (χ0) is 31.7. The third-order valence-corrected chi connectivity index (χ3v) is 8.92. The smallest absolute Gasteiger partial charge is 0.341 e. The second-order valence-corrected chi connectivity index (χ2v) is 12.5. The highest BCUT2D eigenvalue weighted by atomic mass is 32.2. The molecule has 44 heavy (non-hydrogen) atoms. The summed E-state index contributed by atoms with van der Waals surface area (Å²) in [5.74, 6) is -2.14. The second-order valence-electron chi connectivity index (χ2n) is 9.91. The number of sulfonamides is 1. The number of aryl methyl sites for hydroxylation is 1. The number of carbonyl (C=O) groups is 3. The summed E-state index contributed by atoms with van der Waals surface area (Å²) >= 11 is 1.15. The minimum Gasteiger partial charge on any atom is -0.462 e. The van der Waals surface area contributed by atoms with Gasteiger partial charge in [-0.1, -0.05) is 61.9 Å². The molecule has 230 valence electrons. The number of amides is 1. The van der Waals surface area contributed by atoms with Crippen LogP contribution in [0.5, 0.6) is 0 Å². The van der Waals surface area contributed by atoms with E-state index in [4.69, 9.17) is 9.47 Å². The summed E-state index contributed by atoms with van der Waals surface area (Å²) in [6, 6.07) is 21.7. The summed E-state index contributed by atoms with van der Waals surface area (Å²) in [5.41, 5.74) is 3.06. The first-order valence-electron chi connectivity index (χ1n) is 14.2. The van der Waals surface area contributed by atoms with Crippen molar-refractivity contribution < 1.29 is 32.3 Å². The Bertz CT molecular complexity index is 1720. The molecule has 0 saturated carbocycles. The van der Waals surface area contributed by atoms with Crippen LogP contribution in [0.1, 0.15) is 59.9 Å². The van der Waals surface area contributed by atoms with Crippen LogP contribution >= 0.6 is 11.3 Å². The molecule has 3 aromatic carbocycles. The second kappa shape index (κ2) is 14.8. The molecule has 0 saturated heterocycles. The van der Waals surface area contributed by atoms with E-state index in [2.05, 4.69) is 17.0 Å². The van der Waals surface area contributed by atoms with Gasteiger partial charge in [0.15, 0.2) is 6.10 Å². The van der Waals surface area contributed by atoms with Crippen molar-refractivity contribution in [2.75, 3.05) is 16.6 Å². The van der Waals surface area contributed by atoms with Crippen LogP contribution in [0.4, 0.5) is 10.7 Å². The lowest BCUT2D eigenvalue weighted by atomic mass is 10.0. The van der Waals surface area contributed by atoms with Crippen molar-refractivity contribution in [1.82, 2.24) is 0 Å². The Kier molecular flexibility index (Phi) is 10.9. The average molecular weight is 635 g/mol. The number of nitrogens with one attached hydrogen (secondary N) is 2. The van der Waals surface area contributed by atoms with Gasteiger partial charge in [-0.05, 0) is 68.1 Å². The number of rotatable bonds is 13. The number of hydrogen-bond acceptors (Lipinski definition) is 8. The third-order valence-electron chi connectivity index (χ3n) is 6.65. The van der Waals surface area contributed by atoms with Gasteiger partial charge in [0.25, 0.3) is 15.9 Å². The molecule has 9 nitrogen and oxygen atoms in total. The van der Waals surface area contributed by atoms with E-state index >= 15 is 0 Å². The third kappa shape index (κ3) is 8.12. The summed E-state index contributed by atoms with van der Waals surface area (Å²) in [5, 5.41) is 4.67. The number of ether oxygens (including phenoxy) is 2.